The van der Waals surface area contributed by atoms with Gasteiger partial charge in [-0.1, -0.05) is 24.3 Å². The van der Waals surface area contributed by atoms with Crippen molar-refractivity contribution in [2.24, 2.45) is 0 Å². The third-order valence-electron chi connectivity index (χ3n) is 5.06. The maximum absolute atomic E-state index is 12.6. The van der Waals surface area contributed by atoms with Gasteiger partial charge in [0.15, 0.2) is 6.10 Å². The number of carbonyl (C=O) groups excluding carboxylic acids is 2. The molecule has 3 aromatic rings. The summed E-state index contributed by atoms with van der Waals surface area (Å²) in [6.07, 6.45) is 3.48. The average Bonchev–Trinajstić information content (AvgIpc) is 3.29. The van der Waals surface area contributed by atoms with Gasteiger partial charge in [-0.05, 0) is 72.0 Å². The van der Waals surface area contributed by atoms with Crippen molar-refractivity contribution in [3.63, 3.8) is 0 Å². The van der Waals surface area contributed by atoms with Crippen LogP contribution in [-0.2, 0) is 16.0 Å². The number of fused-ring (bicyclic) bond motifs is 1. The molecular weight excluding hydrogens is 370 g/mol. The van der Waals surface area contributed by atoms with Gasteiger partial charge in [0.05, 0.1) is 17.3 Å². The van der Waals surface area contributed by atoms with E-state index in [1.54, 1.807) is 31.2 Å². The number of rotatable bonds is 5. The summed E-state index contributed by atoms with van der Waals surface area (Å²) in [5, 5.41) is 14.0. The van der Waals surface area contributed by atoms with E-state index in [4.69, 9.17) is 4.74 Å². The van der Waals surface area contributed by atoms with Crippen LogP contribution in [0.5, 0.6) is 0 Å². The van der Waals surface area contributed by atoms with Gasteiger partial charge < -0.3 is 10.1 Å². The van der Waals surface area contributed by atoms with E-state index in [-0.39, 0.29) is 11.9 Å². The third kappa shape index (κ3) is 4.16. The SMILES string of the molecule is C[C@H](OC(=O)c1ccc(-n2cnnn2)cc1)C(=O)N[C@@H]1CCCc2ccccc21. The van der Waals surface area contributed by atoms with Crippen molar-refractivity contribution in [3.8, 4) is 5.69 Å². The molecule has 29 heavy (non-hydrogen) atoms. The first-order valence-corrected chi connectivity index (χ1v) is 9.54. The first-order valence-electron chi connectivity index (χ1n) is 9.54. The van der Waals surface area contributed by atoms with E-state index in [1.165, 1.54) is 16.6 Å². The van der Waals surface area contributed by atoms with E-state index in [2.05, 4.69) is 26.9 Å². The average molecular weight is 391 g/mol. The van der Waals surface area contributed by atoms with E-state index >= 15 is 0 Å². The minimum atomic E-state index is -0.893. The Bertz CT molecular complexity index is 1000. The number of nitrogens with zero attached hydrogens (tertiary/aromatic N) is 4. The number of aryl methyl sites for hydroxylation is 1. The van der Waals surface area contributed by atoms with Crippen molar-refractivity contribution in [2.45, 2.75) is 38.3 Å². The second-order valence-corrected chi connectivity index (χ2v) is 7.00. The van der Waals surface area contributed by atoms with Crippen LogP contribution in [0.15, 0.2) is 54.9 Å². The Morgan fingerprint density at radius 1 is 1.17 bits per heavy atom. The summed E-state index contributed by atoms with van der Waals surface area (Å²) in [6.45, 7) is 1.58. The summed E-state index contributed by atoms with van der Waals surface area (Å²) in [4.78, 5) is 25.0. The number of hydrogen-bond donors (Lipinski definition) is 1. The minimum Gasteiger partial charge on any atom is -0.449 e. The molecule has 0 saturated carbocycles. The Balaban J connectivity index is 1.37. The number of benzene rings is 2. The van der Waals surface area contributed by atoms with E-state index < -0.39 is 12.1 Å². The molecule has 2 aromatic carbocycles. The van der Waals surface area contributed by atoms with Gasteiger partial charge in [-0.25, -0.2) is 9.48 Å². The zero-order valence-electron chi connectivity index (χ0n) is 16.0. The predicted octanol–water partition coefficient (Wildman–Crippen LogP) is 2.40. The maximum atomic E-state index is 12.6. The summed E-state index contributed by atoms with van der Waals surface area (Å²) in [5.74, 6) is -0.856. The summed E-state index contributed by atoms with van der Waals surface area (Å²) in [5.41, 5.74) is 3.47. The van der Waals surface area contributed by atoms with Crippen LogP contribution in [0.3, 0.4) is 0 Å². The molecule has 0 bridgehead atoms. The monoisotopic (exact) mass is 391 g/mol. The normalized spacial score (nSPS) is 16.5. The Morgan fingerprint density at radius 2 is 1.97 bits per heavy atom. The van der Waals surface area contributed by atoms with Crippen LogP contribution in [0.25, 0.3) is 5.69 Å². The number of tetrazole rings is 1. The molecule has 0 fully saturated rings. The standard InChI is InChI=1S/C21H21N5O3/c1-14(20(27)23-19-8-4-6-15-5-2-3-7-18(15)19)29-21(28)16-9-11-17(12-10-16)26-13-22-24-25-26/h2-3,5,7,9-14,19H,4,6,8H2,1H3,(H,23,27)/t14-,19+/m0/s1. The van der Waals surface area contributed by atoms with Gasteiger partial charge >= 0.3 is 5.97 Å². The van der Waals surface area contributed by atoms with Crippen molar-refractivity contribution in [1.29, 1.82) is 0 Å². The number of esters is 1. The lowest BCUT2D eigenvalue weighted by molar-refractivity contribution is -0.130. The predicted molar refractivity (Wildman–Crippen MR) is 104 cm³/mol. The quantitative estimate of drug-likeness (QED) is 0.671. The molecule has 8 heteroatoms. The first kappa shape index (κ1) is 18.8. The highest BCUT2D eigenvalue weighted by Gasteiger charge is 2.25. The smallest absolute Gasteiger partial charge is 0.338 e. The molecule has 1 aliphatic rings. The molecule has 1 amide bonds. The number of hydrogen-bond acceptors (Lipinski definition) is 6. The van der Waals surface area contributed by atoms with Crippen molar-refractivity contribution in [3.05, 3.63) is 71.5 Å². The molecule has 4 rings (SSSR count). The lowest BCUT2D eigenvalue weighted by atomic mass is 9.87. The molecular formula is C21H21N5O3. The van der Waals surface area contributed by atoms with Crippen LogP contribution in [0, 0.1) is 0 Å². The molecule has 0 aliphatic heterocycles. The fourth-order valence-corrected chi connectivity index (χ4v) is 3.50. The molecule has 0 spiro atoms. The number of nitrogens with one attached hydrogen (secondary N) is 1. The number of aromatic nitrogens is 4. The van der Waals surface area contributed by atoms with E-state index in [0.717, 1.165) is 24.8 Å². The van der Waals surface area contributed by atoms with Crippen LogP contribution in [0.2, 0.25) is 0 Å². The Hall–Kier alpha value is -3.55. The van der Waals surface area contributed by atoms with E-state index in [1.807, 2.05) is 18.2 Å². The second kappa shape index (κ2) is 8.22. The molecule has 0 saturated heterocycles. The maximum Gasteiger partial charge on any atom is 0.338 e. The van der Waals surface area contributed by atoms with Crippen LogP contribution >= 0.6 is 0 Å². The molecule has 1 aliphatic carbocycles. The third-order valence-corrected chi connectivity index (χ3v) is 5.06. The Morgan fingerprint density at radius 3 is 2.72 bits per heavy atom. The molecule has 1 N–H and O–H groups in total. The van der Waals surface area contributed by atoms with Crippen molar-refractivity contribution >= 4 is 11.9 Å². The van der Waals surface area contributed by atoms with E-state index in [9.17, 15) is 9.59 Å². The summed E-state index contributed by atoms with van der Waals surface area (Å²) < 4.78 is 6.84. The Labute approximate surface area is 167 Å². The fourth-order valence-electron chi connectivity index (χ4n) is 3.50. The van der Waals surface area contributed by atoms with Gasteiger partial charge in [0.2, 0.25) is 0 Å². The number of amides is 1. The lowest BCUT2D eigenvalue weighted by Crippen LogP contribution is -2.39. The Kier molecular flexibility index (Phi) is 5.33. The number of ether oxygens (including phenoxy) is 1. The van der Waals surface area contributed by atoms with Gasteiger partial charge in [0, 0.05) is 0 Å². The summed E-state index contributed by atoms with van der Waals surface area (Å²) >= 11 is 0. The molecule has 0 unspecified atom stereocenters. The molecule has 1 aromatic heterocycles. The van der Waals surface area contributed by atoms with Gasteiger partial charge in [-0.3, -0.25) is 4.79 Å². The highest BCUT2D eigenvalue weighted by molar-refractivity contribution is 5.92. The van der Waals surface area contributed by atoms with Crippen LogP contribution in [-0.4, -0.2) is 38.2 Å². The molecule has 1 heterocycles. The summed E-state index contributed by atoms with van der Waals surface area (Å²) in [7, 11) is 0. The largest absolute Gasteiger partial charge is 0.449 e. The van der Waals surface area contributed by atoms with Gasteiger partial charge in [-0.2, -0.15) is 0 Å². The van der Waals surface area contributed by atoms with Gasteiger partial charge in [0.1, 0.15) is 6.33 Å². The molecule has 2 atom stereocenters. The lowest BCUT2D eigenvalue weighted by Gasteiger charge is -2.27. The van der Waals surface area contributed by atoms with Crippen LogP contribution in [0.4, 0.5) is 0 Å². The zero-order chi connectivity index (χ0) is 20.2. The summed E-state index contributed by atoms with van der Waals surface area (Å²) in [6, 6.07) is 14.7. The highest BCUT2D eigenvalue weighted by Crippen LogP contribution is 2.29. The first-order chi connectivity index (χ1) is 14.1. The molecule has 8 nitrogen and oxygen atoms in total. The fraction of sp³-hybridized carbons (Fsp3) is 0.286. The molecule has 148 valence electrons. The highest BCUT2D eigenvalue weighted by atomic mass is 16.5. The van der Waals surface area contributed by atoms with Gasteiger partial charge in [-0.15, -0.1) is 5.10 Å². The van der Waals surface area contributed by atoms with Crippen LogP contribution < -0.4 is 5.32 Å². The molecule has 0 radical (unpaired) electrons. The minimum absolute atomic E-state index is 0.0517. The topological polar surface area (TPSA) is 99.0 Å². The van der Waals surface area contributed by atoms with Crippen molar-refractivity contribution in [2.75, 3.05) is 0 Å². The second-order valence-electron chi connectivity index (χ2n) is 7.00. The van der Waals surface area contributed by atoms with E-state index in [0.29, 0.717) is 11.3 Å². The zero-order valence-corrected chi connectivity index (χ0v) is 16.0. The van der Waals surface area contributed by atoms with Crippen LogP contribution in [0.1, 0.15) is 47.3 Å². The number of carbonyl (C=O) groups is 2. The van der Waals surface area contributed by atoms with Crippen molar-refractivity contribution in [1.82, 2.24) is 25.5 Å². The van der Waals surface area contributed by atoms with Crippen molar-refractivity contribution < 1.29 is 14.3 Å². The van der Waals surface area contributed by atoms with Gasteiger partial charge in [0.25, 0.3) is 5.91 Å².